The summed E-state index contributed by atoms with van der Waals surface area (Å²) in [5.41, 5.74) is 2.24. The number of Topliss-reactive ketones (excluding diaryl/α,β-unsaturated/α-hetero) is 1. The largest absolute Gasteiger partial charge is 0.507 e. The smallest absolute Gasteiger partial charge is 0.296 e. The van der Waals surface area contributed by atoms with Crippen molar-refractivity contribution in [2.75, 3.05) is 25.1 Å². The van der Waals surface area contributed by atoms with E-state index in [0.717, 1.165) is 5.69 Å². The van der Waals surface area contributed by atoms with Gasteiger partial charge in [-0.3, -0.25) is 14.6 Å². The summed E-state index contributed by atoms with van der Waals surface area (Å²) in [4.78, 5) is 34.0. The summed E-state index contributed by atoms with van der Waals surface area (Å²) in [7, 11) is 1.92. The number of likely N-dealkylation sites (N-methyl/N-ethyl adjacent to an activating group) is 1. The van der Waals surface area contributed by atoms with Crippen molar-refractivity contribution < 1.29 is 23.8 Å². The van der Waals surface area contributed by atoms with Crippen molar-refractivity contribution in [1.29, 1.82) is 0 Å². The second-order valence-corrected chi connectivity index (χ2v) is 8.26. The number of aliphatic hydroxyl groups excluding tert-OH is 1. The molecule has 1 unspecified atom stereocenters. The Balaban J connectivity index is 1.62. The van der Waals surface area contributed by atoms with Crippen LogP contribution in [0.2, 0.25) is 0 Å². The highest BCUT2D eigenvalue weighted by atomic mass is 19.1. The third kappa shape index (κ3) is 3.77. The van der Waals surface area contributed by atoms with Crippen LogP contribution in [-0.4, -0.2) is 46.9 Å². The van der Waals surface area contributed by atoms with Crippen molar-refractivity contribution in [3.8, 4) is 5.75 Å². The molecule has 1 atom stereocenters. The lowest BCUT2D eigenvalue weighted by atomic mass is 9.97. The number of likely N-dealkylation sites (tertiary alicyclic amines) is 1. The molecule has 0 radical (unpaired) electrons. The lowest BCUT2D eigenvalue weighted by Crippen LogP contribution is -2.29. The van der Waals surface area contributed by atoms with E-state index >= 15 is 0 Å². The molecule has 0 bridgehead atoms. The molecule has 34 heavy (non-hydrogen) atoms. The molecule has 3 aromatic rings. The number of ketones is 1. The molecule has 8 heteroatoms. The van der Waals surface area contributed by atoms with E-state index in [2.05, 4.69) is 4.98 Å². The zero-order chi connectivity index (χ0) is 23.8. The van der Waals surface area contributed by atoms with Crippen molar-refractivity contribution in [3.05, 3.63) is 95.1 Å². The number of rotatable bonds is 4. The summed E-state index contributed by atoms with van der Waals surface area (Å²) in [6.07, 6.45) is 1.57. The normalized spacial score (nSPS) is 19.2. The van der Waals surface area contributed by atoms with Crippen LogP contribution in [0.1, 0.15) is 22.9 Å². The first-order valence-electron chi connectivity index (χ1n) is 10.9. The average Bonchev–Trinajstić information content (AvgIpc) is 3.10. The van der Waals surface area contributed by atoms with Gasteiger partial charge in [0.15, 0.2) is 0 Å². The van der Waals surface area contributed by atoms with Gasteiger partial charge in [0.25, 0.3) is 11.7 Å². The molecule has 1 N–H and O–H groups in total. The van der Waals surface area contributed by atoms with E-state index in [1.807, 2.05) is 11.9 Å². The van der Waals surface area contributed by atoms with E-state index in [4.69, 9.17) is 4.74 Å². The molecule has 7 nitrogen and oxygen atoms in total. The fourth-order valence-corrected chi connectivity index (χ4v) is 4.33. The lowest BCUT2D eigenvalue weighted by Gasteiger charge is -2.28. The fraction of sp³-hybridized carbons (Fsp3) is 0.192. The highest BCUT2D eigenvalue weighted by molar-refractivity contribution is 6.46. The van der Waals surface area contributed by atoms with Gasteiger partial charge >= 0.3 is 0 Å². The minimum Gasteiger partial charge on any atom is -0.507 e. The monoisotopic (exact) mass is 459 g/mol. The average molecular weight is 459 g/mol. The van der Waals surface area contributed by atoms with Crippen LogP contribution in [0.3, 0.4) is 0 Å². The van der Waals surface area contributed by atoms with E-state index in [-0.39, 0.29) is 17.9 Å². The minimum atomic E-state index is -0.892. The predicted molar refractivity (Wildman–Crippen MR) is 124 cm³/mol. The molecule has 2 aliphatic rings. The number of pyridine rings is 1. The molecule has 0 spiro atoms. The molecule has 1 aromatic heterocycles. The van der Waals surface area contributed by atoms with Gasteiger partial charge in [0.1, 0.15) is 30.0 Å². The predicted octanol–water partition coefficient (Wildman–Crippen LogP) is 3.67. The number of fused-ring (bicyclic) bond motifs is 1. The van der Waals surface area contributed by atoms with Crippen molar-refractivity contribution in [1.82, 2.24) is 9.88 Å². The molecule has 172 valence electrons. The first-order chi connectivity index (χ1) is 16.4. The van der Waals surface area contributed by atoms with Crippen LogP contribution < -0.4 is 9.64 Å². The molecule has 2 aromatic carbocycles. The number of aliphatic hydroxyl groups is 1. The Labute approximate surface area is 195 Å². The number of carbonyl (C=O) groups excluding carboxylic acids is 2. The van der Waals surface area contributed by atoms with Gasteiger partial charge in [-0.15, -0.1) is 0 Å². The molecular weight excluding hydrogens is 437 g/mol. The summed E-state index contributed by atoms with van der Waals surface area (Å²) in [6.45, 7) is 1.31. The number of amides is 1. The van der Waals surface area contributed by atoms with Crippen molar-refractivity contribution in [3.63, 3.8) is 0 Å². The molecule has 0 saturated carbocycles. The molecule has 2 aliphatic heterocycles. The first kappa shape index (κ1) is 21.6. The molecular formula is C26H22FN3O4. The molecule has 5 rings (SSSR count). The number of halogens is 1. The van der Waals surface area contributed by atoms with Crippen LogP contribution in [0.4, 0.5) is 10.1 Å². The summed E-state index contributed by atoms with van der Waals surface area (Å²) in [5.74, 6) is -1.54. The minimum absolute atomic E-state index is 0.0369. The van der Waals surface area contributed by atoms with E-state index in [9.17, 15) is 19.1 Å². The van der Waals surface area contributed by atoms with Gasteiger partial charge in [-0.05, 0) is 48.0 Å². The number of hydrogen-bond acceptors (Lipinski definition) is 6. The Morgan fingerprint density at radius 1 is 1.15 bits per heavy atom. The Bertz CT molecular complexity index is 1290. The van der Waals surface area contributed by atoms with Gasteiger partial charge in [0.05, 0.1) is 23.5 Å². The van der Waals surface area contributed by atoms with E-state index in [1.165, 1.54) is 17.0 Å². The standard InChI is InChI=1S/C26H22FN3O4/c1-29-12-13-34-21-10-7-17(14-20(21)29)24(31)22-23(19-4-2-3-11-28-19)30(26(33)25(22)32)15-16-5-8-18(27)9-6-16/h2-11,14,23,31H,12-13,15H2,1H3/b24-22-. The topological polar surface area (TPSA) is 83.0 Å². The van der Waals surface area contributed by atoms with Gasteiger partial charge in [-0.2, -0.15) is 0 Å². The summed E-state index contributed by atoms with van der Waals surface area (Å²) in [5, 5.41) is 11.3. The van der Waals surface area contributed by atoms with E-state index in [0.29, 0.717) is 35.7 Å². The van der Waals surface area contributed by atoms with Gasteiger partial charge in [0, 0.05) is 25.4 Å². The molecule has 1 amide bonds. The van der Waals surface area contributed by atoms with Crippen LogP contribution in [0.25, 0.3) is 5.76 Å². The maximum Gasteiger partial charge on any atom is 0.296 e. The van der Waals surface area contributed by atoms with Gasteiger partial charge in [0.2, 0.25) is 0 Å². The third-order valence-electron chi connectivity index (χ3n) is 6.10. The van der Waals surface area contributed by atoms with Crippen molar-refractivity contribution >= 4 is 23.1 Å². The molecule has 1 saturated heterocycles. The summed E-state index contributed by atoms with van der Waals surface area (Å²) < 4.78 is 19.1. The van der Waals surface area contributed by atoms with Crippen LogP contribution >= 0.6 is 0 Å². The zero-order valence-corrected chi connectivity index (χ0v) is 18.4. The van der Waals surface area contributed by atoms with E-state index in [1.54, 1.807) is 54.7 Å². The Kier molecular flexibility index (Phi) is 5.49. The number of hydrogen-bond donors (Lipinski definition) is 1. The second kappa shape index (κ2) is 8.62. The van der Waals surface area contributed by atoms with Gasteiger partial charge in [-0.25, -0.2) is 4.39 Å². The number of aromatic nitrogens is 1. The Hall–Kier alpha value is -4.20. The first-order valence-corrected chi connectivity index (χ1v) is 10.9. The molecule has 3 heterocycles. The summed E-state index contributed by atoms with van der Waals surface area (Å²) in [6, 6.07) is 15.2. The fourth-order valence-electron chi connectivity index (χ4n) is 4.33. The van der Waals surface area contributed by atoms with Crippen molar-refractivity contribution in [2.45, 2.75) is 12.6 Å². The van der Waals surface area contributed by atoms with Crippen molar-refractivity contribution in [2.24, 2.45) is 0 Å². The van der Waals surface area contributed by atoms with Gasteiger partial charge < -0.3 is 19.6 Å². The molecule has 0 aliphatic carbocycles. The van der Waals surface area contributed by atoms with Crippen LogP contribution in [0.15, 0.2) is 72.4 Å². The van der Waals surface area contributed by atoms with Crippen LogP contribution in [0, 0.1) is 5.82 Å². The lowest BCUT2D eigenvalue weighted by molar-refractivity contribution is -0.140. The number of ether oxygens (including phenoxy) is 1. The van der Waals surface area contributed by atoms with Gasteiger partial charge in [-0.1, -0.05) is 18.2 Å². The van der Waals surface area contributed by atoms with Crippen LogP contribution in [-0.2, 0) is 16.1 Å². The SMILES string of the molecule is CN1CCOc2ccc(/C(O)=C3/C(=O)C(=O)N(Cc4ccc(F)cc4)C3c3ccccn3)cc21. The Morgan fingerprint density at radius 2 is 1.94 bits per heavy atom. The summed E-state index contributed by atoms with van der Waals surface area (Å²) >= 11 is 0. The maximum atomic E-state index is 13.4. The number of carbonyl (C=O) groups is 2. The zero-order valence-electron chi connectivity index (χ0n) is 18.4. The van der Waals surface area contributed by atoms with Crippen LogP contribution in [0.5, 0.6) is 5.75 Å². The highest BCUT2D eigenvalue weighted by Crippen LogP contribution is 2.41. The van der Waals surface area contributed by atoms with E-state index < -0.39 is 23.5 Å². The second-order valence-electron chi connectivity index (χ2n) is 8.26. The highest BCUT2D eigenvalue weighted by Gasteiger charge is 2.46. The third-order valence-corrected chi connectivity index (χ3v) is 6.10. The number of benzene rings is 2. The number of anilines is 1. The quantitative estimate of drug-likeness (QED) is 0.364. The molecule has 1 fully saturated rings. The number of nitrogens with zero attached hydrogens (tertiary/aromatic N) is 3. The maximum absolute atomic E-state index is 13.4. The Morgan fingerprint density at radius 3 is 2.68 bits per heavy atom.